The number of aliphatic imine (C=N–C) groups is 1. The predicted molar refractivity (Wildman–Crippen MR) is 127 cm³/mol. The molecule has 1 unspecified atom stereocenters. The topological polar surface area (TPSA) is 56.7 Å². The molecule has 1 amide bonds. The van der Waals surface area contributed by atoms with Crippen molar-refractivity contribution in [3.63, 3.8) is 0 Å². The molecule has 0 bridgehead atoms. The monoisotopic (exact) mass is 494 g/mol. The molecule has 1 aliphatic heterocycles. The van der Waals surface area contributed by atoms with Crippen molar-refractivity contribution in [1.82, 2.24) is 15.5 Å². The average Bonchev–Trinajstić information content (AvgIpc) is 3.13. The van der Waals surface area contributed by atoms with E-state index in [1.165, 1.54) is 16.3 Å². The number of benzene rings is 2. The highest BCUT2D eigenvalue weighted by Gasteiger charge is 2.27. The van der Waals surface area contributed by atoms with E-state index in [9.17, 15) is 4.79 Å². The van der Waals surface area contributed by atoms with E-state index in [0.717, 1.165) is 32.0 Å². The Morgan fingerprint density at radius 1 is 1.21 bits per heavy atom. The van der Waals surface area contributed by atoms with E-state index in [4.69, 9.17) is 4.99 Å². The van der Waals surface area contributed by atoms with Crippen LogP contribution in [0.4, 0.5) is 0 Å². The number of hydrogen-bond acceptors (Lipinski definition) is 2. The Morgan fingerprint density at radius 3 is 2.68 bits per heavy atom. The number of amides is 1. The van der Waals surface area contributed by atoms with Gasteiger partial charge in [-0.1, -0.05) is 50.2 Å². The summed E-state index contributed by atoms with van der Waals surface area (Å²) in [4.78, 5) is 18.9. The van der Waals surface area contributed by atoms with Gasteiger partial charge < -0.3 is 15.5 Å². The van der Waals surface area contributed by atoms with Gasteiger partial charge in [-0.3, -0.25) is 4.79 Å². The quantitative estimate of drug-likeness (QED) is 0.378. The molecule has 1 saturated heterocycles. The van der Waals surface area contributed by atoms with Crippen molar-refractivity contribution in [2.45, 2.75) is 39.8 Å². The van der Waals surface area contributed by atoms with Gasteiger partial charge >= 0.3 is 0 Å². The van der Waals surface area contributed by atoms with Gasteiger partial charge in [0.1, 0.15) is 0 Å². The summed E-state index contributed by atoms with van der Waals surface area (Å²) in [6.07, 6.45) is 0.957. The van der Waals surface area contributed by atoms with Crippen LogP contribution in [-0.4, -0.2) is 42.4 Å². The summed E-state index contributed by atoms with van der Waals surface area (Å²) in [7, 11) is 0. The average molecular weight is 494 g/mol. The van der Waals surface area contributed by atoms with E-state index >= 15 is 0 Å². The molecule has 0 spiro atoms. The first-order valence-electron chi connectivity index (χ1n) is 9.88. The van der Waals surface area contributed by atoms with Crippen LogP contribution >= 0.6 is 24.0 Å². The number of carbonyl (C=O) groups is 1. The van der Waals surface area contributed by atoms with Crippen molar-refractivity contribution in [2.75, 3.05) is 19.6 Å². The molecular weight excluding hydrogens is 463 g/mol. The molecule has 0 aromatic heterocycles. The summed E-state index contributed by atoms with van der Waals surface area (Å²) < 4.78 is 0. The summed E-state index contributed by atoms with van der Waals surface area (Å²) in [6, 6.07) is 15.1. The van der Waals surface area contributed by atoms with Crippen molar-refractivity contribution >= 4 is 46.6 Å². The number of carbonyl (C=O) groups excluding carboxylic acids is 1. The lowest BCUT2D eigenvalue weighted by molar-refractivity contribution is -0.133. The van der Waals surface area contributed by atoms with Crippen LogP contribution in [0.25, 0.3) is 10.8 Å². The fourth-order valence-corrected chi connectivity index (χ4v) is 3.46. The van der Waals surface area contributed by atoms with Gasteiger partial charge in [0.15, 0.2) is 5.96 Å². The van der Waals surface area contributed by atoms with E-state index in [2.05, 4.69) is 60.0 Å². The summed E-state index contributed by atoms with van der Waals surface area (Å²) >= 11 is 0. The Balaban J connectivity index is 0.00000280. The minimum absolute atomic E-state index is 0. The molecule has 28 heavy (non-hydrogen) atoms. The molecule has 0 saturated carbocycles. The van der Waals surface area contributed by atoms with Crippen LogP contribution in [0.1, 0.15) is 32.8 Å². The van der Waals surface area contributed by atoms with Gasteiger partial charge in [-0.05, 0) is 35.7 Å². The molecule has 2 aromatic carbocycles. The molecule has 0 radical (unpaired) electrons. The molecule has 1 heterocycles. The second kappa shape index (κ2) is 10.6. The normalized spacial score (nSPS) is 16.9. The van der Waals surface area contributed by atoms with E-state index in [1.807, 2.05) is 18.7 Å². The van der Waals surface area contributed by atoms with Gasteiger partial charge in [-0.25, -0.2) is 4.99 Å². The fourth-order valence-electron chi connectivity index (χ4n) is 3.46. The Hall–Kier alpha value is -1.83. The van der Waals surface area contributed by atoms with Crippen LogP contribution in [0.2, 0.25) is 0 Å². The Bertz CT molecular complexity index is 821. The first kappa shape index (κ1) is 22.5. The highest BCUT2D eigenvalue weighted by molar-refractivity contribution is 14.0. The Labute approximate surface area is 185 Å². The minimum Gasteiger partial charge on any atom is -0.357 e. The molecule has 3 rings (SSSR count). The molecule has 6 heteroatoms. The van der Waals surface area contributed by atoms with Crippen LogP contribution < -0.4 is 10.6 Å². The van der Waals surface area contributed by atoms with Crippen LogP contribution in [-0.2, 0) is 11.3 Å². The number of nitrogens with one attached hydrogen (secondary N) is 2. The lowest BCUT2D eigenvalue weighted by Crippen LogP contribution is -2.45. The number of hydrogen-bond donors (Lipinski definition) is 2. The maximum atomic E-state index is 12.2. The van der Waals surface area contributed by atoms with Crippen LogP contribution in [0.15, 0.2) is 47.5 Å². The fraction of sp³-hybridized carbons (Fsp3) is 0.455. The molecule has 152 valence electrons. The highest BCUT2D eigenvalue weighted by atomic mass is 127. The number of halogens is 1. The summed E-state index contributed by atoms with van der Waals surface area (Å²) in [5.41, 5.74) is 1.19. The predicted octanol–water partition coefficient (Wildman–Crippen LogP) is 3.77. The third-order valence-corrected chi connectivity index (χ3v) is 4.91. The van der Waals surface area contributed by atoms with Gasteiger partial charge in [0, 0.05) is 31.6 Å². The van der Waals surface area contributed by atoms with Crippen molar-refractivity contribution in [3.8, 4) is 0 Å². The second-order valence-electron chi connectivity index (χ2n) is 7.45. The zero-order chi connectivity index (χ0) is 19.2. The van der Waals surface area contributed by atoms with Gasteiger partial charge in [0.2, 0.25) is 5.91 Å². The lowest BCUT2D eigenvalue weighted by Gasteiger charge is -2.20. The summed E-state index contributed by atoms with van der Waals surface area (Å²) in [5, 5.41) is 9.30. The molecular formula is C22H31IN4O. The zero-order valence-corrected chi connectivity index (χ0v) is 19.3. The number of rotatable bonds is 5. The molecule has 0 aliphatic carbocycles. The summed E-state index contributed by atoms with van der Waals surface area (Å²) in [6.45, 7) is 8.98. The summed E-state index contributed by atoms with van der Waals surface area (Å²) in [5.74, 6) is 1.10. The Kier molecular flexibility index (Phi) is 8.54. The molecule has 1 aliphatic rings. The largest absolute Gasteiger partial charge is 0.357 e. The second-order valence-corrected chi connectivity index (χ2v) is 7.45. The first-order chi connectivity index (χ1) is 13.1. The Morgan fingerprint density at radius 2 is 1.96 bits per heavy atom. The third-order valence-electron chi connectivity index (χ3n) is 4.91. The first-order valence-corrected chi connectivity index (χ1v) is 9.88. The molecule has 2 aromatic rings. The van der Waals surface area contributed by atoms with Gasteiger partial charge in [-0.2, -0.15) is 0 Å². The molecule has 2 N–H and O–H groups in total. The zero-order valence-electron chi connectivity index (χ0n) is 16.9. The van der Waals surface area contributed by atoms with Crippen LogP contribution in [0.3, 0.4) is 0 Å². The smallest absolute Gasteiger partial charge is 0.225 e. The maximum Gasteiger partial charge on any atom is 0.225 e. The SMILES string of the molecule is CCNC(=NCc1ccc2ccccc2c1)NC1CCN(C(=O)C(C)C)C1.I. The molecule has 5 nitrogen and oxygen atoms in total. The van der Waals surface area contributed by atoms with E-state index < -0.39 is 0 Å². The maximum absolute atomic E-state index is 12.2. The lowest BCUT2D eigenvalue weighted by atomic mass is 10.1. The number of guanidine groups is 1. The van der Waals surface area contributed by atoms with E-state index in [1.54, 1.807) is 0 Å². The van der Waals surface area contributed by atoms with Crippen molar-refractivity contribution in [2.24, 2.45) is 10.9 Å². The standard InChI is InChI=1S/C22H30N4O.HI/c1-4-23-22(25-20-11-12-26(15-20)21(27)16(2)3)24-14-17-9-10-18-7-5-6-8-19(18)13-17;/h5-10,13,16,20H,4,11-12,14-15H2,1-3H3,(H2,23,24,25);1H. The van der Waals surface area contributed by atoms with Gasteiger partial charge in [-0.15, -0.1) is 24.0 Å². The van der Waals surface area contributed by atoms with E-state index in [-0.39, 0.29) is 41.8 Å². The van der Waals surface area contributed by atoms with Crippen molar-refractivity contribution in [1.29, 1.82) is 0 Å². The highest BCUT2D eigenvalue weighted by Crippen LogP contribution is 2.16. The number of nitrogens with zero attached hydrogens (tertiary/aromatic N) is 2. The van der Waals surface area contributed by atoms with Crippen molar-refractivity contribution < 1.29 is 4.79 Å². The molecule has 1 fully saturated rings. The van der Waals surface area contributed by atoms with Gasteiger partial charge in [0.05, 0.1) is 6.54 Å². The number of likely N-dealkylation sites (tertiary alicyclic amines) is 1. The molecule has 1 atom stereocenters. The van der Waals surface area contributed by atoms with Crippen LogP contribution in [0, 0.1) is 5.92 Å². The third kappa shape index (κ3) is 5.83. The van der Waals surface area contributed by atoms with Crippen LogP contribution in [0.5, 0.6) is 0 Å². The number of fused-ring (bicyclic) bond motifs is 1. The minimum atomic E-state index is 0. The van der Waals surface area contributed by atoms with Gasteiger partial charge in [0.25, 0.3) is 0 Å². The van der Waals surface area contributed by atoms with Crippen molar-refractivity contribution in [3.05, 3.63) is 48.0 Å². The van der Waals surface area contributed by atoms with E-state index in [0.29, 0.717) is 6.54 Å².